The van der Waals surface area contributed by atoms with E-state index in [4.69, 9.17) is 15.0 Å². The number of benzene rings is 6. The average Bonchev–Trinajstić information content (AvgIpc) is 3.78. The van der Waals surface area contributed by atoms with E-state index in [0.29, 0.717) is 5.95 Å². The Morgan fingerprint density at radius 3 is 2.02 bits per heavy atom. The van der Waals surface area contributed by atoms with Crippen LogP contribution in [-0.4, -0.2) is 23.9 Å². The Balaban J connectivity index is 1.28. The Hall–Kier alpha value is -6.33. The number of aromatic nitrogens is 5. The van der Waals surface area contributed by atoms with Crippen molar-refractivity contribution < 1.29 is 0 Å². The zero-order valence-corrected chi connectivity index (χ0v) is 27.0. The lowest BCUT2D eigenvalue weighted by atomic mass is 9.82. The third kappa shape index (κ3) is 3.46. The summed E-state index contributed by atoms with van der Waals surface area (Å²) in [5.74, 6) is 0.636. The van der Waals surface area contributed by atoms with Crippen molar-refractivity contribution in [2.24, 2.45) is 0 Å². The van der Waals surface area contributed by atoms with Crippen LogP contribution in [-0.2, 0) is 5.41 Å². The van der Waals surface area contributed by atoms with Gasteiger partial charge in [0, 0.05) is 32.5 Å². The van der Waals surface area contributed by atoms with Gasteiger partial charge in [0.25, 0.3) is 0 Å². The van der Waals surface area contributed by atoms with Crippen molar-refractivity contribution in [1.82, 2.24) is 23.9 Å². The van der Waals surface area contributed by atoms with Crippen molar-refractivity contribution in [3.63, 3.8) is 0 Å². The predicted molar refractivity (Wildman–Crippen MR) is 201 cm³/mol. The molecule has 0 bridgehead atoms. The number of fused-ring (bicyclic) bond motifs is 14. The van der Waals surface area contributed by atoms with Gasteiger partial charge in [-0.15, -0.1) is 0 Å². The van der Waals surface area contributed by atoms with Crippen molar-refractivity contribution in [2.45, 2.75) is 19.3 Å². The molecular formula is C44H29N5. The lowest BCUT2D eigenvalue weighted by Crippen LogP contribution is -2.15. The molecule has 49 heavy (non-hydrogen) atoms. The Morgan fingerprint density at radius 2 is 1.16 bits per heavy atom. The molecule has 0 atom stereocenters. The van der Waals surface area contributed by atoms with Crippen LogP contribution in [0.15, 0.2) is 140 Å². The molecule has 0 N–H and O–H groups in total. The maximum absolute atomic E-state index is 5.51. The molecule has 0 amide bonds. The first-order chi connectivity index (χ1) is 24.1. The van der Waals surface area contributed by atoms with Gasteiger partial charge in [0.15, 0.2) is 0 Å². The van der Waals surface area contributed by atoms with Crippen LogP contribution in [0.1, 0.15) is 25.0 Å². The van der Waals surface area contributed by atoms with Gasteiger partial charge in [0.2, 0.25) is 5.95 Å². The van der Waals surface area contributed by atoms with E-state index in [1.807, 2.05) is 0 Å². The molecule has 0 spiro atoms. The molecule has 230 valence electrons. The van der Waals surface area contributed by atoms with Crippen molar-refractivity contribution >= 4 is 60.3 Å². The first-order valence-electron chi connectivity index (χ1n) is 16.8. The highest BCUT2D eigenvalue weighted by atomic mass is 15.2. The molecule has 4 aromatic heterocycles. The van der Waals surface area contributed by atoms with Crippen LogP contribution in [0.25, 0.3) is 88.6 Å². The fourth-order valence-corrected chi connectivity index (χ4v) is 8.46. The minimum Gasteiger partial charge on any atom is -0.277 e. The van der Waals surface area contributed by atoms with Gasteiger partial charge in [-0.3, -0.25) is 8.97 Å². The zero-order valence-electron chi connectivity index (χ0n) is 27.0. The van der Waals surface area contributed by atoms with E-state index in [-0.39, 0.29) is 5.41 Å². The highest BCUT2D eigenvalue weighted by Crippen LogP contribution is 2.50. The number of pyridine rings is 1. The molecule has 0 fully saturated rings. The van der Waals surface area contributed by atoms with E-state index in [0.717, 1.165) is 71.5 Å². The summed E-state index contributed by atoms with van der Waals surface area (Å²) >= 11 is 0. The molecule has 5 heteroatoms. The Kier molecular flexibility index (Phi) is 5.12. The van der Waals surface area contributed by atoms with Gasteiger partial charge in [-0.1, -0.05) is 123 Å². The Morgan fingerprint density at radius 1 is 0.510 bits per heavy atom. The van der Waals surface area contributed by atoms with E-state index >= 15 is 0 Å². The molecule has 1 aliphatic rings. The minimum atomic E-state index is -0.116. The van der Waals surface area contributed by atoms with E-state index in [1.165, 1.54) is 22.3 Å². The second-order valence-electron chi connectivity index (χ2n) is 13.7. The molecule has 0 saturated carbocycles. The van der Waals surface area contributed by atoms with E-state index in [9.17, 15) is 0 Å². The maximum atomic E-state index is 5.51. The molecule has 1 aliphatic carbocycles. The number of rotatable bonds is 2. The number of nitrogens with zero attached hydrogens (tertiary/aromatic N) is 5. The maximum Gasteiger partial charge on any atom is 0.236 e. The van der Waals surface area contributed by atoms with E-state index in [1.54, 1.807) is 0 Å². The van der Waals surface area contributed by atoms with Gasteiger partial charge in [0.1, 0.15) is 11.3 Å². The van der Waals surface area contributed by atoms with Crippen molar-refractivity contribution in [3.05, 3.63) is 151 Å². The molecule has 0 aliphatic heterocycles. The average molecular weight is 628 g/mol. The smallest absolute Gasteiger partial charge is 0.236 e. The van der Waals surface area contributed by atoms with Gasteiger partial charge in [-0.2, -0.15) is 0 Å². The largest absolute Gasteiger partial charge is 0.277 e. The fraction of sp³-hybridized carbons (Fsp3) is 0.0682. The normalized spacial score (nSPS) is 13.7. The van der Waals surface area contributed by atoms with Crippen LogP contribution in [0.2, 0.25) is 0 Å². The highest BCUT2D eigenvalue weighted by Gasteiger charge is 2.35. The quantitative estimate of drug-likeness (QED) is 0.192. The molecule has 0 unspecified atom stereocenters. The molecule has 0 radical (unpaired) electrons. The molecule has 5 nitrogen and oxygen atoms in total. The highest BCUT2D eigenvalue weighted by molar-refractivity contribution is 6.23. The van der Waals surface area contributed by atoms with Gasteiger partial charge >= 0.3 is 0 Å². The summed E-state index contributed by atoms with van der Waals surface area (Å²) in [7, 11) is 0. The third-order valence-corrected chi connectivity index (χ3v) is 10.7. The predicted octanol–water partition coefficient (Wildman–Crippen LogP) is 10.7. The van der Waals surface area contributed by atoms with E-state index < -0.39 is 0 Å². The van der Waals surface area contributed by atoms with Crippen LogP contribution in [0, 0.1) is 0 Å². The third-order valence-electron chi connectivity index (χ3n) is 10.7. The minimum absolute atomic E-state index is 0.116. The first-order valence-corrected chi connectivity index (χ1v) is 16.8. The lowest BCUT2D eigenvalue weighted by molar-refractivity contribution is 0.660. The zero-order chi connectivity index (χ0) is 32.4. The Bertz CT molecular complexity index is 3030. The molecular weight excluding hydrogens is 599 g/mol. The molecule has 10 aromatic rings. The first kappa shape index (κ1) is 26.7. The second-order valence-corrected chi connectivity index (χ2v) is 13.7. The van der Waals surface area contributed by atoms with Crippen LogP contribution >= 0.6 is 0 Å². The number of hydrogen-bond acceptors (Lipinski definition) is 3. The number of hydrogen-bond donors (Lipinski definition) is 0. The summed E-state index contributed by atoms with van der Waals surface area (Å²) < 4.78 is 4.56. The second kappa shape index (κ2) is 9.39. The SMILES string of the molecule is CC1(C)c2ccccc2-c2ccc(-c3nc(-n4c5ccccc5c5c6ccccc6c6nc7ccccc7n6c54)nc4ccccc34)cc21. The summed E-state index contributed by atoms with van der Waals surface area (Å²) in [6, 6.07) is 49.7. The summed E-state index contributed by atoms with van der Waals surface area (Å²) in [5, 5.41) is 5.64. The number of para-hydroxylation sites is 4. The van der Waals surface area contributed by atoms with E-state index in [2.05, 4.69) is 162 Å². The molecule has 4 heterocycles. The molecule has 0 saturated heterocycles. The molecule has 6 aromatic carbocycles. The fourth-order valence-electron chi connectivity index (χ4n) is 8.46. The molecule has 11 rings (SSSR count). The summed E-state index contributed by atoms with van der Waals surface area (Å²) in [6.45, 7) is 4.65. The van der Waals surface area contributed by atoms with Gasteiger partial charge < -0.3 is 0 Å². The van der Waals surface area contributed by atoms with Crippen molar-refractivity contribution in [2.75, 3.05) is 0 Å². The van der Waals surface area contributed by atoms with Crippen molar-refractivity contribution in [3.8, 4) is 28.3 Å². The van der Waals surface area contributed by atoms with Crippen LogP contribution in [0.3, 0.4) is 0 Å². The van der Waals surface area contributed by atoms with Crippen LogP contribution < -0.4 is 0 Å². The summed E-state index contributed by atoms with van der Waals surface area (Å²) in [6.07, 6.45) is 0. The Labute approximate surface area is 281 Å². The lowest BCUT2D eigenvalue weighted by Gasteiger charge is -2.22. The van der Waals surface area contributed by atoms with Crippen LogP contribution in [0.5, 0.6) is 0 Å². The van der Waals surface area contributed by atoms with Crippen LogP contribution in [0.4, 0.5) is 0 Å². The van der Waals surface area contributed by atoms with Gasteiger partial charge in [-0.05, 0) is 58.0 Å². The number of imidazole rings is 1. The van der Waals surface area contributed by atoms with Crippen molar-refractivity contribution in [1.29, 1.82) is 0 Å². The summed E-state index contributed by atoms with van der Waals surface area (Å²) in [5.41, 5.74) is 13.1. The van der Waals surface area contributed by atoms with Gasteiger partial charge in [0.05, 0.1) is 27.8 Å². The topological polar surface area (TPSA) is 48.0 Å². The standard InChI is InChI=1S/C44H29N5/c1-44(2)33-18-8-5-13-27(33)28-24-23-26(25-34(28)44)40-31-16-6-9-19-35(31)46-43(47-40)49-37-21-11-7-17-32(37)39-29-14-3-4-15-30(29)41-45-36-20-10-12-22-38(36)48(41)42(39)49/h3-25H,1-2H3. The summed E-state index contributed by atoms with van der Waals surface area (Å²) in [4.78, 5) is 16.0. The monoisotopic (exact) mass is 627 g/mol. The van der Waals surface area contributed by atoms with Gasteiger partial charge in [-0.25, -0.2) is 15.0 Å².